The molecule has 5 aromatic rings. The van der Waals surface area contributed by atoms with Crippen LogP contribution < -0.4 is 9.80 Å². The number of para-hydroxylation sites is 2. The van der Waals surface area contributed by atoms with E-state index in [4.69, 9.17) is 18.6 Å². The second-order valence-corrected chi connectivity index (χ2v) is 12.9. The molecule has 4 bridgehead atoms. The fourth-order valence-electron chi connectivity index (χ4n) is 6.75. The van der Waals surface area contributed by atoms with Crippen molar-refractivity contribution in [2.24, 2.45) is 0 Å². The minimum atomic E-state index is 0.596. The lowest BCUT2D eigenvalue weighted by molar-refractivity contribution is 0.0327. The quantitative estimate of drug-likeness (QED) is 0.271. The Bertz CT molecular complexity index is 1640. The molecule has 7 rings (SSSR count). The van der Waals surface area contributed by atoms with E-state index in [9.17, 15) is 0 Å². The zero-order chi connectivity index (χ0) is 32.7. The van der Waals surface area contributed by atoms with Crippen LogP contribution in [0, 0.1) is 13.8 Å². The normalized spacial score (nSPS) is 21.0. The van der Waals surface area contributed by atoms with Crippen molar-refractivity contribution >= 4 is 33.3 Å². The van der Waals surface area contributed by atoms with Gasteiger partial charge in [0.2, 0.25) is 0 Å². The number of H-pyrrole nitrogens is 2. The van der Waals surface area contributed by atoms with Gasteiger partial charge in [-0.2, -0.15) is 10.2 Å². The van der Waals surface area contributed by atoms with E-state index < -0.39 is 0 Å². The van der Waals surface area contributed by atoms with Crippen molar-refractivity contribution < 1.29 is 18.6 Å². The molecule has 1 fully saturated rings. The van der Waals surface area contributed by atoms with Crippen molar-refractivity contribution in [1.82, 2.24) is 30.2 Å². The number of benzene rings is 2. The Hall–Kier alpha value is -3.94. The molecule has 48 heavy (non-hydrogen) atoms. The average Bonchev–Trinajstić information content (AvgIpc) is 3.81. The predicted octanol–water partition coefficient (Wildman–Crippen LogP) is 4.34. The van der Waals surface area contributed by atoms with E-state index in [1.807, 2.05) is 13.8 Å². The zero-order valence-electron chi connectivity index (χ0n) is 28.2. The lowest BCUT2D eigenvalue weighted by Gasteiger charge is -2.30. The Morgan fingerprint density at radius 2 is 1.00 bits per heavy atom. The van der Waals surface area contributed by atoms with Gasteiger partial charge in [0.15, 0.2) is 11.2 Å². The van der Waals surface area contributed by atoms with Crippen LogP contribution in [0.5, 0.6) is 0 Å². The van der Waals surface area contributed by atoms with Gasteiger partial charge in [-0.1, -0.05) is 24.3 Å². The molecule has 0 saturated carbocycles. The Labute approximate surface area is 281 Å². The monoisotopic (exact) mass is 656 g/mol. The summed E-state index contributed by atoms with van der Waals surface area (Å²) in [6, 6.07) is 17.2. The number of hydrogen-bond donors (Lipinski definition) is 2. The number of anilines is 2. The molecule has 2 aromatic carbocycles. The Morgan fingerprint density at radius 3 is 1.42 bits per heavy atom. The Morgan fingerprint density at radius 1 is 0.562 bits per heavy atom. The third-order valence-corrected chi connectivity index (χ3v) is 9.34. The highest BCUT2D eigenvalue weighted by Crippen LogP contribution is 2.40. The van der Waals surface area contributed by atoms with E-state index in [1.165, 1.54) is 0 Å². The third-order valence-electron chi connectivity index (χ3n) is 9.34. The number of nitrogens with zero attached hydrogens (tertiary/aromatic N) is 6. The number of nitrogens with one attached hydrogen (secondary N) is 2. The van der Waals surface area contributed by atoms with Crippen molar-refractivity contribution in [3.8, 4) is 0 Å². The molecule has 256 valence electrons. The van der Waals surface area contributed by atoms with Crippen molar-refractivity contribution in [2.75, 3.05) is 102 Å². The molecule has 2 atom stereocenters. The second-order valence-electron chi connectivity index (χ2n) is 12.9. The first kappa shape index (κ1) is 32.6. The van der Waals surface area contributed by atoms with Crippen LogP contribution in [0.3, 0.4) is 0 Å². The number of ether oxygens (including phenoxy) is 3. The summed E-state index contributed by atoms with van der Waals surface area (Å²) in [5.41, 5.74) is 8.01. The van der Waals surface area contributed by atoms with Gasteiger partial charge >= 0.3 is 0 Å². The molecule has 3 aromatic heterocycles. The van der Waals surface area contributed by atoms with Crippen molar-refractivity contribution in [2.45, 2.75) is 26.9 Å². The molecule has 2 aliphatic rings. The summed E-state index contributed by atoms with van der Waals surface area (Å²) in [6.45, 7) is 15.8. The van der Waals surface area contributed by atoms with E-state index in [0.717, 1.165) is 108 Å². The number of rotatable bonds is 4. The summed E-state index contributed by atoms with van der Waals surface area (Å²) in [6.07, 6.45) is 0. The minimum Gasteiger partial charge on any atom is -0.452 e. The van der Waals surface area contributed by atoms with E-state index in [-0.39, 0.29) is 0 Å². The summed E-state index contributed by atoms with van der Waals surface area (Å²) < 4.78 is 25.2. The van der Waals surface area contributed by atoms with Crippen LogP contribution >= 0.6 is 0 Å². The van der Waals surface area contributed by atoms with Gasteiger partial charge in [0, 0.05) is 74.5 Å². The highest BCUT2D eigenvalue weighted by Gasteiger charge is 2.22. The summed E-state index contributed by atoms with van der Waals surface area (Å²) in [5.74, 6) is 0. The molecule has 2 N–H and O–H groups in total. The zero-order valence-corrected chi connectivity index (χ0v) is 28.2. The van der Waals surface area contributed by atoms with Crippen LogP contribution in [0.25, 0.3) is 21.9 Å². The number of aryl methyl sites for hydroxylation is 2. The molecule has 0 amide bonds. The molecular formula is C36H48N8O4. The third kappa shape index (κ3) is 7.85. The van der Waals surface area contributed by atoms with Gasteiger partial charge < -0.3 is 28.4 Å². The van der Waals surface area contributed by atoms with E-state index in [1.54, 1.807) is 0 Å². The van der Waals surface area contributed by atoms with Gasteiger partial charge in [-0.3, -0.25) is 20.0 Å². The molecule has 1 saturated heterocycles. The van der Waals surface area contributed by atoms with Crippen LogP contribution in [0.15, 0.2) is 52.9 Å². The SMILES string of the molecule is Cc1cc(CN2CCN3CCOCCOCCN(CCOCC3)CCN(Cc3cc(C)[nH]n3)c3cccc4c3oc3c2cccc34)n[nH]1. The molecule has 12 nitrogen and oxygen atoms in total. The topological polar surface area (TPSA) is 111 Å². The maximum Gasteiger partial charge on any atom is 0.158 e. The summed E-state index contributed by atoms with van der Waals surface area (Å²) >= 11 is 0. The van der Waals surface area contributed by atoms with Gasteiger partial charge in [-0.15, -0.1) is 0 Å². The molecular weight excluding hydrogens is 608 g/mol. The van der Waals surface area contributed by atoms with Crippen LogP contribution in [-0.4, -0.2) is 122 Å². The van der Waals surface area contributed by atoms with Gasteiger partial charge in [0.25, 0.3) is 0 Å². The van der Waals surface area contributed by atoms with Gasteiger partial charge in [0.05, 0.1) is 75.5 Å². The second kappa shape index (κ2) is 15.5. The first-order valence-electron chi connectivity index (χ1n) is 17.2. The Kier molecular flexibility index (Phi) is 10.5. The van der Waals surface area contributed by atoms with E-state index in [2.05, 4.69) is 88.5 Å². The van der Waals surface area contributed by atoms with Crippen molar-refractivity contribution in [3.63, 3.8) is 0 Å². The summed E-state index contributed by atoms with van der Waals surface area (Å²) in [7, 11) is 0. The molecule has 0 spiro atoms. The first-order chi connectivity index (χ1) is 23.6. The van der Waals surface area contributed by atoms with Gasteiger partial charge in [-0.05, 0) is 38.1 Å². The fraction of sp³-hybridized carbons (Fsp3) is 0.500. The van der Waals surface area contributed by atoms with Crippen molar-refractivity contribution in [3.05, 3.63) is 71.3 Å². The maximum atomic E-state index is 6.97. The number of fused-ring (bicyclic) bond motifs is 7. The number of aromatic nitrogens is 4. The lowest BCUT2D eigenvalue weighted by Crippen LogP contribution is -2.40. The maximum absolute atomic E-state index is 6.97. The number of hydrogen-bond acceptors (Lipinski definition) is 10. The van der Waals surface area contributed by atoms with Crippen LogP contribution in [-0.2, 0) is 27.3 Å². The highest BCUT2D eigenvalue weighted by molar-refractivity contribution is 6.12. The highest BCUT2D eigenvalue weighted by atomic mass is 16.5. The standard InChI is InChI=1S/C36H48N8O4/c1-27-23-29(39-37-27)25-43-11-9-41-13-17-45-18-14-42(16-20-47-22-21-46-19-15-41)10-12-44(26-30-24-28(2)38-40-30)34-8-4-6-32-31-5-3-7-33(43)35(31)48-36(32)34/h3-8,23-24H,9-22,25-26H2,1-2H3,(H,37,39)(H,38,40). The van der Waals surface area contributed by atoms with Gasteiger partial charge in [0.1, 0.15) is 0 Å². The minimum absolute atomic E-state index is 0.596. The largest absolute Gasteiger partial charge is 0.452 e. The van der Waals surface area contributed by atoms with E-state index in [0.29, 0.717) is 52.7 Å². The predicted molar refractivity (Wildman–Crippen MR) is 188 cm³/mol. The average molecular weight is 657 g/mol. The van der Waals surface area contributed by atoms with E-state index >= 15 is 0 Å². The molecule has 2 aliphatic heterocycles. The van der Waals surface area contributed by atoms with Gasteiger partial charge in [-0.25, -0.2) is 0 Å². The molecule has 0 radical (unpaired) electrons. The van der Waals surface area contributed by atoms with Crippen molar-refractivity contribution in [1.29, 1.82) is 0 Å². The number of aromatic amines is 2. The molecule has 12 heteroatoms. The fourth-order valence-corrected chi connectivity index (χ4v) is 6.75. The lowest BCUT2D eigenvalue weighted by atomic mass is 10.1. The Balaban J connectivity index is 1.32. The van der Waals surface area contributed by atoms with Crippen LogP contribution in [0.2, 0.25) is 0 Å². The number of furan rings is 1. The van der Waals surface area contributed by atoms with Crippen LogP contribution in [0.4, 0.5) is 11.4 Å². The molecule has 5 heterocycles. The van der Waals surface area contributed by atoms with Crippen LogP contribution in [0.1, 0.15) is 22.8 Å². The summed E-state index contributed by atoms with van der Waals surface area (Å²) in [4.78, 5) is 9.68. The smallest absolute Gasteiger partial charge is 0.158 e. The molecule has 0 aliphatic carbocycles. The summed E-state index contributed by atoms with van der Waals surface area (Å²) in [5, 5.41) is 17.7. The first-order valence-corrected chi connectivity index (χ1v) is 17.2. The molecule has 2 unspecified atom stereocenters.